The molecule has 0 aromatic heterocycles. The summed E-state index contributed by atoms with van der Waals surface area (Å²) >= 11 is 0. The number of nitrogens with zero attached hydrogens (tertiary/aromatic N) is 2. The molecule has 1 heterocycles. The van der Waals surface area contributed by atoms with Gasteiger partial charge in [0.2, 0.25) is 15.9 Å². The summed E-state index contributed by atoms with van der Waals surface area (Å²) in [5, 5.41) is 14.9. The summed E-state index contributed by atoms with van der Waals surface area (Å²) in [5.74, 6) is -2.02. The second-order valence-electron chi connectivity index (χ2n) is 9.56. The van der Waals surface area contributed by atoms with E-state index in [4.69, 9.17) is 4.74 Å². The molecule has 0 unspecified atom stereocenters. The molecule has 2 aromatic carbocycles. The molecule has 0 spiro atoms. The van der Waals surface area contributed by atoms with Crippen LogP contribution in [0.1, 0.15) is 42.1 Å². The van der Waals surface area contributed by atoms with Crippen molar-refractivity contribution < 1.29 is 37.4 Å². The number of carboxylic acids is 1. The first-order chi connectivity index (χ1) is 18.9. The third kappa shape index (κ3) is 7.57. The van der Waals surface area contributed by atoms with Gasteiger partial charge in [-0.05, 0) is 61.2 Å². The first-order valence-electron chi connectivity index (χ1n) is 12.9. The topological polar surface area (TPSA) is 162 Å². The Kier molecular flexibility index (Phi) is 10.2. The number of carboxylic acid groups (broad SMARTS) is 1. The normalized spacial score (nSPS) is 16.1. The van der Waals surface area contributed by atoms with Gasteiger partial charge in [0.05, 0.1) is 4.90 Å². The predicted octanol–water partition coefficient (Wildman–Crippen LogP) is 1.85. The molecule has 3 rings (SSSR count). The van der Waals surface area contributed by atoms with Gasteiger partial charge in [0.1, 0.15) is 17.8 Å². The van der Waals surface area contributed by atoms with Gasteiger partial charge in [0, 0.05) is 39.2 Å². The molecule has 12 nitrogen and oxygen atoms in total. The SMILES string of the molecule is CCCNC(=O)c1ccc(S(=O)(=O)N2CCC[C@H]2C(=O)N[C@@H](Cc2ccc(OC(=O)N(C)C)cc2)C(=O)O)cc1. The van der Waals surface area contributed by atoms with Crippen LogP contribution in [0.4, 0.5) is 4.79 Å². The molecule has 40 heavy (non-hydrogen) atoms. The Hall–Kier alpha value is -3.97. The van der Waals surface area contributed by atoms with Crippen LogP contribution in [0, 0.1) is 0 Å². The van der Waals surface area contributed by atoms with E-state index in [9.17, 15) is 32.7 Å². The number of carbonyl (C=O) groups is 4. The highest BCUT2D eigenvalue weighted by atomic mass is 32.2. The molecule has 2 aromatic rings. The molecule has 0 saturated carbocycles. The van der Waals surface area contributed by atoms with E-state index in [0.29, 0.717) is 24.1 Å². The average molecular weight is 575 g/mol. The highest BCUT2D eigenvalue weighted by Crippen LogP contribution is 2.27. The molecule has 1 saturated heterocycles. The molecule has 13 heteroatoms. The van der Waals surface area contributed by atoms with Crippen molar-refractivity contribution in [2.45, 2.75) is 49.6 Å². The molecule has 2 atom stereocenters. The molecule has 0 aliphatic carbocycles. The third-order valence-corrected chi connectivity index (χ3v) is 8.24. The number of sulfonamides is 1. The molecule has 0 bridgehead atoms. The lowest BCUT2D eigenvalue weighted by atomic mass is 10.1. The number of ether oxygens (including phenoxy) is 1. The Morgan fingerprint density at radius 3 is 2.30 bits per heavy atom. The average Bonchev–Trinajstić information content (AvgIpc) is 3.43. The minimum Gasteiger partial charge on any atom is -0.480 e. The van der Waals surface area contributed by atoms with Crippen molar-refractivity contribution in [3.8, 4) is 5.75 Å². The van der Waals surface area contributed by atoms with Crippen LogP contribution in [0.15, 0.2) is 53.4 Å². The smallest absolute Gasteiger partial charge is 0.414 e. The van der Waals surface area contributed by atoms with E-state index < -0.39 is 40.1 Å². The third-order valence-electron chi connectivity index (χ3n) is 6.31. The molecule has 1 aliphatic rings. The maximum atomic E-state index is 13.4. The van der Waals surface area contributed by atoms with Crippen LogP contribution in [-0.4, -0.2) is 85.9 Å². The van der Waals surface area contributed by atoms with Gasteiger partial charge >= 0.3 is 12.1 Å². The largest absolute Gasteiger partial charge is 0.480 e. The Labute approximate surface area is 233 Å². The first-order valence-corrected chi connectivity index (χ1v) is 14.3. The molecule has 0 radical (unpaired) electrons. The number of benzene rings is 2. The van der Waals surface area contributed by atoms with Gasteiger partial charge in [-0.3, -0.25) is 9.59 Å². The van der Waals surface area contributed by atoms with Crippen molar-refractivity contribution >= 4 is 33.9 Å². The number of aliphatic carboxylic acids is 1. The summed E-state index contributed by atoms with van der Waals surface area (Å²) in [6, 6.07) is 9.28. The van der Waals surface area contributed by atoms with Crippen molar-refractivity contribution in [2.24, 2.45) is 0 Å². The Morgan fingerprint density at radius 1 is 1.07 bits per heavy atom. The fourth-order valence-electron chi connectivity index (χ4n) is 4.13. The van der Waals surface area contributed by atoms with Crippen LogP contribution < -0.4 is 15.4 Å². The fraction of sp³-hybridized carbons (Fsp3) is 0.407. The monoisotopic (exact) mass is 574 g/mol. The number of amides is 3. The lowest BCUT2D eigenvalue weighted by molar-refractivity contribution is -0.142. The molecular weight excluding hydrogens is 540 g/mol. The van der Waals surface area contributed by atoms with Gasteiger partial charge in [-0.25, -0.2) is 18.0 Å². The van der Waals surface area contributed by atoms with Crippen LogP contribution in [0.2, 0.25) is 0 Å². The summed E-state index contributed by atoms with van der Waals surface area (Å²) in [6.45, 7) is 2.52. The van der Waals surface area contributed by atoms with Gasteiger partial charge in [-0.15, -0.1) is 0 Å². The van der Waals surface area contributed by atoms with E-state index in [0.717, 1.165) is 10.7 Å². The number of nitrogens with one attached hydrogen (secondary N) is 2. The molecule has 3 N–H and O–H groups in total. The standard InChI is InChI=1S/C27H34N4O8S/c1-4-15-28-24(32)19-9-13-21(14-10-19)40(37,38)31-16-5-6-23(31)25(33)29-22(26(34)35)17-18-7-11-20(12-8-18)39-27(36)30(2)3/h7-14,22-23H,4-6,15-17H2,1-3H3,(H,28,32)(H,29,33)(H,34,35)/t22-,23-/m0/s1. The minimum absolute atomic E-state index is 0.0655. The zero-order valence-electron chi connectivity index (χ0n) is 22.6. The van der Waals surface area contributed by atoms with Gasteiger partial charge in [-0.1, -0.05) is 19.1 Å². The van der Waals surface area contributed by atoms with Gasteiger partial charge in [-0.2, -0.15) is 4.31 Å². The van der Waals surface area contributed by atoms with Gasteiger partial charge in [0.15, 0.2) is 0 Å². The van der Waals surface area contributed by atoms with Crippen molar-refractivity contribution in [1.82, 2.24) is 19.8 Å². The number of rotatable bonds is 11. The summed E-state index contributed by atoms with van der Waals surface area (Å²) in [6.07, 6.45) is 0.803. The molecule has 1 fully saturated rings. The second-order valence-corrected chi connectivity index (χ2v) is 11.5. The van der Waals surface area contributed by atoms with Gasteiger partial charge < -0.3 is 25.4 Å². The van der Waals surface area contributed by atoms with Crippen LogP contribution >= 0.6 is 0 Å². The zero-order valence-corrected chi connectivity index (χ0v) is 23.4. The van der Waals surface area contributed by atoms with E-state index in [2.05, 4.69) is 10.6 Å². The predicted molar refractivity (Wildman–Crippen MR) is 145 cm³/mol. The molecule has 216 valence electrons. The van der Waals surface area contributed by atoms with Crippen LogP contribution in [-0.2, 0) is 26.0 Å². The Morgan fingerprint density at radius 2 is 1.73 bits per heavy atom. The summed E-state index contributed by atoms with van der Waals surface area (Å²) in [7, 11) is -0.999. The van der Waals surface area contributed by atoms with E-state index >= 15 is 0 Å². The summed E-state index contributed by atoms with van der Waals surface area (Å²) in [5.41, 5.74) is 0.882. The number of hydrogen-bond donors (Lipinski definition) is 3. The maximum absolute atomic E-state index is 13.4. The molecule has 1 aliphatic heterocycles. The lowest BCUT2D eigenvalue weighted by Crippen LogP contribution is -2.51. The Bertz CT molecular complexity index is 1330. The van der Waals surface area contributed by atoms with Crippen LogP contribution in [0.25, 0.3) is 0 Å². The van der Waals surface area contributed by atoms with E-state index in [1.807, 2.05) is 6.92 Å². The van der Waals surface area contributed by atoms with Crippen LogP contribution in [0.3, 0.4) is 0 Å². The highest BCUT2D eigenvalue weighted by Gasteiger charge is 2.40. The fourth-order valence-corrected chi connectivity index (χ4v) is 5.79. The number of carbonyl (C=O) groups excluding carboxylic acids is 3. The Balaban J connectivity index is 1.69. The van der Waals surface area contributed by atoms with Crippen LogP contribution in [0.5, 0.6) is 5.75 Å². The number of hydrogen-bond acceptors (Lipinski definition) is 7. The van der Waals surface area contributed by atoms with E-state index in [1.54, 1.807) is 26.2 Å². The van der Waals surface area contributed by atoms with Gasteiger partial charge in [0.25, 0.3) is 5.91 Å². The van der Waals surface area contributed by atoms with Crippen molar-refractivity contribution in [2.75, 3.05) is 27.2 Å². The second kappa shape index (κ2) is 13.4. The van der Waals surface area contributed by atoms with Crippen molar-refractivity contribution in [3.05, 3.63) is 59.7 Å². The zero-order chi connectivity index (χ0) is 29.4. The minimum atomic E-state index is -4.08. The van der Waals surface area contributed by atoms with Crippen molar-refractivity contribution in [3.63, 3.8) is 0 Å². The summed E-state index contributed by atoms with van der Waals surface area (Å²) < 4.78 is 32.9. The quantitative estimate of drug-likeness (QED) is 0.366. The van der Waals surface area contributed by atoms with E-state index in [1.165, 1.54) is 41.3 Å². The highest BCUT2D eigenvalue weighted by molar-refractivity contribution is 7.89. The van der Waals surface area contributed by atoms with Crippen molar-refractivity contribution in [1.29, 1.82) is 0 Å². The lowest BCUT2D eigenvalue weighted by Gasteiger charge is -2.25. The summed E-state index contributed by atoms with van der Waals surface area (Å²) in [4.78, 5) is 50.1. The maximum Gasteiger partial charge on any atom is 0.414 e. The molecule has 3 amide bonds. The molecular formula is C27H34N4O8S. The first kappa shape index (κ1) is 30.6. The van der Waals surface area contributed by atoms with E-state index in [-0.39, 0.29) is 35.9 Å².